The van der Waals surface area contributed by atoms with Gasteiger partial charge in [0.2, 0.25) is 5.91 Å². The second kappa shape index (κ2) is 4.25. The van der Waals surface area contributed by atoms with Crippen LogP contribution in [0.3, 0.4) is 0 Å². The van der Waals surface area contributed by atoms with Crippen LogP contribution in [-0.4, -0.2) is 37.3 Å². The maximum Gasteiger partial charge on any atom is 0.223 e. The van der Waals surface area contributed by atoms with Crippen LogP contribution >= 0.6 is 0 Å². The van der Waals surface area contributed by atoms with Crippen molar-refractivity contribution in [3.63, 3.8) is 0 Å². The Labute approximate surface area is 78.8 Å². The Morgan fingerprint density at radius 1 is 1.54 bits per heavy atom. The molecule has 2 N–H and O–H groups in total. The standard InChI is InChI=1S/C9H17N3O/c1-12(2)8(13)5-6-11-9(10)7-3-4-7/h7H,3-6H2,1-2H3,(H2,10,11). The molecule has 0 bridgehead atoms. The lowest BCUT2D eigenvalue weighted by atomic mass is 10.3. The van der Waals surface area contributed by atoms with E-state index in [1.165, 1.54) is 0 Å². The molecule has 1 amide bonds. The number of nitrogens with two attached hydrogens (primary N) is 1. The van der Waals surface area contributed by atoms with Crippen LogP contribution in [0.15, 0.2) is 4.99 Å². The molecule has 0 aromatic heterocycles. The Kier molecular flexibility index (Phi) is 3.28. The molecule has 0 atom stereocenters. The van der Waals surface area contributed by atoms with Crippen LogP contribution in [0.5, 0.6) is 0 Å². The zero-order chi connectivity index (χ0) is 9.84. The molecular weight excluding hydrogens is 166 g/mol. The maximum absolute atomic E-state index is 11.1. The Balaban J connectivity index is 2.18. The summed E-state index contributed by atoms with van der Waals surface area (Å²) < 4.78 is 0. The van der Waals surface area contributed by atoms with E-state index in [1.807, 2.05) is 0 Å². The summed E-state index contributed by atoms with van der Waals surface area (Å²) in [5, 5.41) is 0. The molecule has 0 spiro atoms. The molecule has 0 aromatic carbocycles. The summed E-state index contributed by atoms with van der Waals surface area (Å²) in [6, 6.07) is 0. The number of amides is 1. The molecule has 0 aliphatic heterocycles. The predicted octanol–water partition coefficient (Wildman–Crippen LogP) is 0.232. The third-order valence-corrected chi connectivity index (χ3v) is 2.11. The van der Waals surface area contributed by atoms with E-state index in [9.17, 15) is 4.79 Å². The SMILES string of the molecule is CN(C)C(=O)CCN=C(N)C1CC1. The fourth-order valence-corrected chi connectivity index (χ4v) is 1.01. The van der Waals surface area contributed by atoms with E-state index < -0.39 is 0 Å². The topological polar surface area (TPSA) is 58.7 Å². The summed E-state index contributed by atoms with van der Waals surface area (Å²) >= 11 is 0. The highest BCUT2D eigenvalue weighted by Gasteiger charge is 2.25. The van der Waals surface area contributed by atoms with Gasteiger partial charge in [-0.15, -0.1) is 0 Å². The number of amidine groups is 1. The van der Waals surface area contributed by atoms with Crippen molar-refractivity contribution in [2.24, 2.45) is 16.6 Å². The van der Waals surface area contributed by atoms with Crippen molar-refractivity contribution in [1.82, 2.24) is 4.90 Å². The van der Waals surface area contributed by atoms with Crippen LogP contribution in [0, 0.1) is 5.92 Å². The number of rotatable bonds is 4. The molecule has 0 heterocycles. The molecule has 4 nitrogen and oxygen atoms in total. The number of aliphatic imine (C=N–C) groups is 1. The lowest BCUT2D eigenvalue weighted by Crippen LogP contribution is -2.23. The molecule has 4 heteroatoms. The van der Waals surface area contributed by atoms with E-state index in [4.69, 9.17) is 5.73 Å². The molecule has 0 saturated heterocycles. The molecule has 74 valence electrons. The molecule has 1 fully saturated rings. The van der Waals surface area contributed by atoms with Crippen molar-refractivity contribution < 1.29 is 4.79 Å². The number of hydrogen-bond donors (Lipinski definition) is 1. The van der Waals surface area contributed by atoms with Gasteiger partial charge >= 0.3 is 0 Å². The molecule has 1 aliphatic carbocycles. The van der Waals surface area contributed by atoms with E-state index in [0.717, 1.165) is 18.7 Å². The summed E-state index contributed by atoms with van der Waals surface area (Å²) in [6.45, 7) is 0.527. The van der Waals surface area contributed by atoms with Gasteiger partial charge in [0.15, 0.2) is 0 Å². The molecule has 1 rings (SSSR count). The van der Waals surface area contributed by atoms with E-state index in [0.29, 0.717) is 18.9 Å². The third-order valence-electron chi connectivity index (χ3n) is 2.11. The van der Waals surface area contributed by atoms with Crippen LogP contribution in [0.1, 0.15) is 19.3 Å². The Hall–Kier alpha value is -1.06. The molecule has 13 heavy (non-hydrogen) atoms. The van der Waals surface area contributed by atoms with Crippen LogP contribution in [0.2, 0.25) is 0 Å². The van der Waals surface area contributed by atoms with Gasteiger partial charge in [0.05, 0.1) is 5.84 Å². The zero-order valence-corrected chi connectivity index (χ0v) is 8.29. The number of carbonyl (C=O) groups excluding carboxylic acids is 1. The van der Waals surface area contributed by atoms with E-state index in [-0.39, 0.29) is 5.91 Å². The van der Waals surface area contributed by atoms with Gasteiger partial charge in [0, 0.05) is 33.0 Å². The van der Waals surface area contributed by atoms with E-state index in [1.54, 1.807) is 19.0 Å². The van der Waals surface area contributed by atoms with Crippen molar-refractivity contribution in [1.29, 1.82) is 0 Å². The first-order valence-corrected chi connectivity index (χ1v) is 4.61. The van der Waals surface area contributed by atoms with Crippen LogP contribution in [0.4, 0.5) is 0 Å². The Bertz CT molecular complexity index is 219. The van der Waals surface area contributed by atoms with Crippen molar-refractivity contribution in [2.45, 2.75) is 19.3 Å². The summed E-state index contributed by atoms with van der Waals surface area (Å²) in [4.78, 5) is 16.9. The molecular formula is C9H17N3O. The average Bonchev–Trinajstić information content (AvgIpc) is 2.85. The van der Waals surface area contributed by atoms with E-state index >= 15 is 0 Å². The second-order valence-corrected chi connectivity index (χ2v) is 3.62. The lowest BCUT2D eigenvalue weighted by molar-refractivity contribution is -0.128. The van der Waals surface area contributed by atoms with Gasteiger partial charge < -0.3 is 10.6 Å². The van der Waals surface area contributed by atoms with Gasteiger partial charge in [0.25, 0.3) is 0 Å². The molecule has 0 aromatic rings. The highest BCUT2D eigenvalue weighted by molar-refractivity contribution is 5.85. The maximum atomic E-state index is 11.1. The molecule has 1 saturated carbocycles. The molecule has 0 unspecified atom stereocenters. The number of nitrogens with zero attached hydrogens (tertiary/aromatic N) is 2. The van der Waals surface area contributed by atoms with Crippen molar-refractivity contribution >= 4 is 11.7 Å². The summed E-state index contributed by atoms with van der Waals surface area (Å²) in [5.41, 5.74) is 5.67. The summed E-state index contributed by atoms with van der Waals surface area (Å²) in [7, 11) is 3.49. The van der Waals surface area contributed by atoms with Gasteiger partial charge in [-0.05, 0) is 12.8 Å². The van der Waals surface area contributed by atoms with Crippen LogP contribution in [0.25, 0.3) is 0 Å². The first-order chi connectivity index (χ1) is 6.11. The van der Waals surface area contributed by atoms with Gasteiger partial charge in [-0.3, -0.25) is 9.79 Å². The van der Waals surface area contributed by atoms with Crippen LogP contribution < -0.4 is 5.73 Å². The van der Waals surface area contributed by atoms with Crippen molar-refractivity contribution in [3.05, 3.63) is 0 Å². The third kappa shape index (κ3) is 3.44. The fourth-order valence-electron chi connectivity index (χ4n) is 1.01. The van der Waals surface area contributed by atoms with Gasteiger partial charge in [-0.2, -0.15) is 0 Å². The minimum Gasteiger partial charge on any atom is -0.387 e. The predicted molar refractivity (Wildman–Crippen MR) is 52.5 cm³/mol. The van der Waals surface area contributed by atoms with Gasteiger partial charge in [-0.1, -0.05) is 0 Å². The quantitative estimate of drug-likeness (QED) is 0.501. The fraction of sp³-hybridized carbons (Fsp3) is 0.778. The second-order valence-electron chi connectivity index (χ2n) is 3.62. The van der Waals surface area contributed by atoms with Gasteiger partial charge in [-0.25, -0.2) is 0 Å². The summed E-state index contributed by atoms with van der Waals surface area (Å²) in [6.07, 6.45) is 2.79. The number of hydrogen-bond acceptors (Lipinski definition) is 2. The van der Waals surface area contributed by atoms with Crippen LogP contribution in [-0.2, 0) is 4.79 Å². The zero-order valence-electron chi connectivity index (χ0n) is 8.29. The Morgan fingerprint density at radius 3 is 2.62 bits per heavy atom. The summed E-state index contributed by atoms with van der Waals surface area (Å²) in [5.74, 6) is 1.34. The van der Waals surface area contributed by atoms with Crippen molar-refractivity contribution in [2.75, 3.05) is 20.6 Å². The highest BCUT2D eigenvalue weighted by atomic mass is 16.2. The first kappa shape index (κ1) is 10.0. The van der Waals surface area contributed by atoms with E-state index in [2.05, 4.69) is 4.99 Å². The van der Waals surface area contributed by atoms with Gasteiger partial charge in [0.1, 0.15) is 0 Å². The minimum absolute atomic E-state index is 0.104. The first-order valence-electron chi connectivity index (χ1n) is 4.61. The highest BCUT2D eigenvalue weighted by Crippen LogP contribution is 2.28. The lowest BCUT2D eigenvalue weighted by Gasteiger charge is -2.08. The number of carbonyl (C=O) groups is 1. The smallest absolute Gasteiger partial charge is 0.223 e. The molecule has 1 aliphatic rings. The molecule has 0 radical (unpaired) electrons. The monoisotopic (exact) mass is 183 g/mol. The van der Waals surface area contributed by atoms with Crippen molar-refractivity contribution in [3.8, 4) is 0 Å². The average molecular weight is 183 g/mol. The normalized spacial score (nSPS) is 17.2. The minimum atomic E-state index is 0.104. The largest absolute Gasteiger partial charge is 0.387 e. The Morgan fingerprint density at radius 2 is 2.15 bits per heavy atom.